The monoisotopic (exact) mass is 456 g/mol. The number of aliphatic carboxylic acids is 1. The number of carbonyl (C=O) groups is 1. The second-order valence-corrected chi connectivity index (χ2v) is 7.34. The molecule has 2 aromatic carbocycles. The fourth-order valence-electron chi connectivity index (χ4n) is 3.29. The predicted octanol–water partition coefficient (Wildman–Crippen LogP) is 2.59. The van der Waals surface area contributed by atoms with Crippen LogP contribution in [0.1, 0.15) is 29.8 Å². The number of nitrogens with zero attached hydrogens (tertiary/aromatic N) is 4. The van der Waals surface area contributed by atoms with E-state index in [-0.39, 0.29) is 6.42 Å². The molecule has 0 aliphatic heterocycles. The number of aromatic nitrogens is 4. The SMILES string of the molecule is Cn1nnnc1C(/C=C/[C@@H](O)C[C@@H](O)CC(=O)O)=C(c1ccc(F)cc1)c1ccc(F)cc1. The summed E-state index contributed by atoms with van der Waals surface area (Å²) in [7, 11) is 1.61. The van der Waals surface area contributed by atoms with Crippen LogP contribution >= 0.6 is 0 Å². The number of carboxylic acid groups (broad SMARTS) is 1. The maximum atomic E-state index is 13.6. The average Bonchev–Trinajstić information content (AvgIpc) is 3.18. The van der Waals surface area contributed by atoms with Gasteiger partial charge in [0.15, 0.2) is 5.82 Å². The Kier molecular flexibility index (Phi) is 7.75. The minimum atomic E-state index is -1.24. The fraction of sp³-hybridized carbons (Fsp3) is 0.217. The molecule has 0 saturated heterocycles. The Morgan fingerprint density at radius 3 is 2.03 bits per heavy atom. The number of aliphatic hydroxyl groups excluding tert-OH is 2. The average molecular weight is 456 g/mol. The molecule has 33 heavy (non-hydrogen) atoms. The zero-order chi connectivity index (χ0) is 24.0. The normalized spacial score (nSPS) is 13.1. The first-order chi connectivity index (χ1) is 15.7. The number of tetrazole rings is 1. The van der Waals surface area contributed by atoms with Gasteiger partial charge in [0.1, 0.15) is 11.6 Å². The molecule has 0 unspecified atom stereocenters. The number of aryl methyl sites for hydroxylation is 1. The van der Waals surface area contributed by atoms with Gasteiger partial charge in [0.2, 0.25) is 0 Å². The Hall–Kier alpha value is -3.76. The number of benzene rings is 2. The van der Waals surface area contributed by atoms with Crippen molar-refractivity contribution in [3.05, 3.63) is 89.3 Å². The van der Waals surface area contributed by atoms with Gasteiger partial charge >= 0.3 is 5.97 Å². The van der Waals surface area contributed by atoms with E-state index in [9.17, 15) is 23.8 Å². The highest BCUT2D eigenvalue weighted by Crippen LogP contribution is 2.32. The molecule has 0 fully saturated rings. The van der Waals surface area contributed by atoms with Crippen molar-refractivity contribution in [3.63, 3.8) is 0 Å². The van der Waals surface area contributed by atoms with Crippen molar-refractivity contribution < 1.29 is 28.9 Å². The summed E-state index contributed by atoms with van der Waals surface area (Å²) in [6.07, 6.45) is -0.196. The van der Waals surface area contributed by atoms with Gasteiger partial charge in [0, 0.05) is 19.0 Å². The van der Waals surface area contributed by atoms with Crippen LogP contribution in [0.5, 0.6) is 0 Å². The highest BCUT2D eigenvalue weighted by molar-refractivity contribution is 6.00. The molecule has 3 rings (SSSR count). The lowest BCUT2D eigenvalue weighted by atomic mass is 9.91. The Morgan fingerprint density at radius 2 is 1.58 bits per heavy atom. The van der Waals surface area contributed by atoms with E-state index in [2.05, 4.69) is 15.5 Å². The number of hydrogen-bond acceptors (Lipinski definition) is 6. The molecule has 0 saturated carbocycles. The molecule has 1 heterocycles. The van der Waals surface area contributed by atoms with Crippen LogP contribution in [0.2, 0.25) is 0 Å². The van der Waals surface area contributed by atoms with Crippen molar-refractivity contribution in [3.8, 4) is 0 Å². The summed E-state index contributed by atoms with van der Waals surface area (Å²) in [5, 5.41) is 40.5. The third kappa shape index (κ3) is 6.37. The molecular formula is C23H22F2N4O4. The maximum Gasteiger partial charge on any atom is 0.305 e. The van der Waals surface area contributed by atoms with Crippen LogP contribution in [0.3, 0.4) is 0 Å². The van der Waals surface area contributed by atoms with Crippen molar-refractivity contribution in [2.75, 3.05) is 0 Å². The second kappa shape index (κ2) is 10.7. The molecular weight excluding hydrogens is 434 g/mol. The molecule has 0 spiro atoms. The zero-order valence-corrected chi connectivity index (χ0v) is 17.6. The van der Waals surface area contributed by atoms with Gasteiger partial charge in [-0.1, -0.05) is 36.4 Å². The molecule has 172 valence electrons. The van der Waals surface area contributed by atoms with E-state index in [0.717, 1.165) is 0 Å². The summed E-state index contributed by atoms with van der Waals surface area (Å²) in [5.74, 6) is -1.73. The molecule has 3 aromatic rings. The fourth-order valence-corrected chi connectivity index (χ4v) is 3.29. The first-order valence-corrected chi connectivity index (χ1v) is 9.99. The van der Waals surface area contributed by atoms with Crippen molar-refractivity contribution in [2.45, 2.75) is 25.0 Å². The van der Waals surface area contributed by atoms with E-state index in [1.54, 1.807) is 31.3 Å². The molecule has 0 aliphatic carbocycles. The largest absolute Gasteiger partial charge is 0.481 e. The number of carboxylic acids is 1. The van der Waals surface area contributed by atoms with E-state index in [1.807, 2.05) is 0 Å². The summed E-state index contributed by atoms with van der Waals surface area (Å²) in [6.45, 7) is 0. The Labute approximate surface area is 188 Å². The lowest BCUT2D eigenvalue weighted by Gasteiger charge is -2.15. The lowest BCUT2D eigenvalue weighted by Crippen LogP contribution is -2.19. The van der Waals surface area contributed by atoms with Gasteiger partial charge in [-0.2, -0.15) is 0 Å². The molecule has 10 heteroatoms. The lowest BCUT2D eigenvalue weighted by molar-refractivity contribution is -0.139. The van der Waals surface area contributed by atoms with E-state index >= 15 is 0 Å². The first kappa shape index (κ1) is 23.9. The summed E-state index contributed by atoms with van der Waals surface area (Å²) in [4.78, 5) is 10.8. The smallest absolute Gasteiger partial charge is 0.305 e. The van der Waals surface area contributed by atoms with Crippen LogP contribution < -0.4 is 0 Å². The van der Waals surface area contributed by atoms with Gasteiger partial charge in [0.05, 0.1) is 18.6 Å². The number of rotatable bonds is 9. The third-order valence-electron chi connectivity index (χ3n) is 4.81. The molecule has 0 radical (unpaired) electrons. The van der Waals surface area contributed by atoms with Crippen molar-refractivity contribution in [2.24, 2.45) is 7.05 Å². The minimum Gasteiger partial charge on any atom is -0.481 e. The topological polar surface area (TPSA) is 121 Å². The quantitative estimate of drug-likeness (QED) is 0.423. The van der Waals surface area contributed by atoms with Gasteiger partial charge in [-0.3, -0.25) is 4.79 Å². The van der Waals surface area contributed by atoms with E-state index in [0.29, 0.717) is 28.1 Å². The summed E-state index contributed by atoms with van der Waals surface area (Å²) < 4.78 is 28.6. The van der Waals surface area contributed by atoms with Gasteiger partial charge < -0.3 is 15.3 Å². The number of aliphatic hydroxyl groups is 2. The highest BCUT2D eigenvalue weighted by Gasteiger charge is 2.18. The second-order valence-electron chi connectivity index (χ2n) is 7.34. The Bertz CT molecular complexity index is 1110. The predicted molar refractivity (Wildman–Crippen MR) is 116 cm³/mol. The number of allylic oxidation sites excluding steroid dienone is 2. The van der Waals surface area contributed by atoms with E-state index < -0.39 is 36.2 Å². The zero-order valence-electron chi connectivity index (χ0n) is 17.6. The first-order valence-electron chi connectivity index (χ1n) is 9.99. The van der Waals surface area contributed by atoms with Gasteiger partial charge in [-0.25, -0.2) is 13.5 Å². The molecule has 8 nitrogen and oxygen atoms in total. The van der Waals surface area contributed by atoms with Crippen molar-refractivity contribution in [1.82, 2.24) is 20.2 Å². The maximum absolute atomic E-state index is 13.6. The molecule has 3 N–H and O–H groups in total. The van der Waals surface area contributed by atoms with Gasteiger partial charge in [0.25, 0.3) is 0 Å². The standard InChI is InChI=1S/C23H22F2N4O4/c1-29-23(26-27-28-29)20(11-10-18(30)12-19(31)13-21(32)33)22(14-2-6-16(24)7-3-14)15-4-8-17(25)9-5-15/h2-11,18-19,30-31H,12-13H2,1H3,(H,32,33)/b11-10+/t18-,19-/m1/s1. The van der Waals surface area contributed by atoms with Crippen LogP contribution in [0.15, 0.2) is 60.7 Å². The van der Waals surface area contributed by atoms with Crippen LogP contribution in [-0.2, 0) is 11.8 Å². The van der Waals surface area contributed by atoms with Gasteiger partial charge in [-0.05, 0) is 51.4 Å². The van der Waals surface area contributed by atoms with Crippen molar-refractivity contribution >= 4 is 17.1 Å². The summed E-state index contributed by atoms with van der Waals surface area (Å²) >= 11 is 0. The van der Waals surface area contributed by atoms with Crippen LogP contribution in [0.4, 0.5) is 8.78 Å². The molecule has 0 amide bonds. The van der Waals surface area contributed by atoms with Crippen LogP contribution in [0, 0.1) is 11.6 Å². The molecule has 1 aromatic heterocycles. The van der Waals surface area contributed by atoms with Crippen LogP contribution in [-0.4, -0.2) is 53.7 Å². The minimum absolute atomic E-state index is 0.199. The van der Waals surface area contributed by atoms with Gasteiger partial charge in [-0.15, -0.1) is 5.10 Å². The number of halogens is 2. The van der Waals surface area contributed by atoms with Crippen molar-refractivity contribution in [1.29, 1.82) is 0 Å². The molecule has 0 aliphatic rings. The Balaban J connectivity index is 2.13. The molecule has 0 bridgehead atoms. The highest BCUT2D eigenvalue weighted by atomic mass is 19.1. The summed E-state index contributed by atoms with van der Waals surface area (Å²) in [5.41, 5.74) is 2.16. The molecule has 2 atom stereocenters. The van der Waals surface area contributed by atoms with Crippen LogP contribution in [0.25, 0.3) is 11.1 Å². The third-order valence-corrected chi connectivity index (χ3v) is 4.81. The Morgan fingerprint density at radius 1 is 1.03 bits per heavy atom. The number of hydrogen-bond donors (Lipinski definition) is 3. The summed E-state index contributed by atoms with van der Waals surface area (Å²) in [6, 6.07) is 11.4. The van der Waals surface area contributed by atoms with E-state index in [1.165, 1.54) is 41.1 Å². The van der Waals surface area contributed by atoms with E-state index in [4.69, 9.17) is 5.11 Å².